The molecule has 0 amide bonds. The molecule has 1 N–H and O–H groups in total. The lowest BCUT2D eigenvalue weighted by Crippen LogP contribution is -2.25. The zero-order valence-corrected chi connectivity index (χ0v) is 16.0. The molecule has 6 nitrogen and oxygen atoms in total. The lowest BCUT2D eigenvalue weighted by Gasteiger charge is -2.27. The smallest absolute Gasteiger partial charge is 0.130 e. The number of para-hydroxylation sites is 1. The normalized spacial score (nSPS) is 17.0. The summed E-state index contributed by atoms with van der Waals surface area (Å²) in [6.07, 6.45) is 7.69. The van der Waals surface area contributed by atoms with Crippen LogP contribution in [0.15, 0.2) is 54.9 Å². The van der Waals surface area contributed by atoms with Crippen LogP contribution in [0.5, 0.6) is 0 Å². The number of nitrogens with zero attached hydrogens (tertiary/aromatic N) is 5. The summed E-state index contributed by atoms with van der Waals surface area (Å²) in [6, 6.07) is 10.3. The second-order valence-corrected chi connectivity index (χ2v) is 7.38. The van der Waals surface area contributed by atoms with Gasteiger partial charge in [0.1, 0.15) is 17.7 Å². The van der Waals surface area contributed by atoms with Crippen LogP contribution in [0.4, 0.5) is 5.69 Å². The van der Waals surface area contributed by atoms with Crippen molar-refractivity contribution >= 4 is 16.7 Å². The quantitative estimate of drug-likeness (QED) is 0.553. The summed E-state index contributed by atoms with van der Waals surface area (Å²) in [6.45, 7) is 9.12. The number of fused-ring (bicyclic) bond motifs is 1. The van der Waals surface area contributed by atoms with Crippen molar-refractivity contribution in [3.63, 3.8) is 0 Å². The number of nitrogens with one attached hydrogen (secondary N) is 1. The summed E-state index contributed by atoms with van der Waals surface area (Å²) in [5.41, 5.74) is 7.27. The molecule has 0 bridgehead atoms. The highest BCUT2D eigenvalue weighted by Gasteiger charge is 2.33. The predicted octanol–water partition coefficient (Wildman–Crippen LogP) is 4.07. The van der Waals surface area contributed by atoms with Gasteiger partial charge in [-0.3, -0.25) is 0 Å². The lowest BCUT2D eigenvalue weighted by atomic mass is 10.1. The number of hydrogen-bond donors (Lipinski definition) is 1. The molecule has 1 fully saturated rings. The number of pyridine rings is 1. The van der Waals surface area contributed by atoms with E-state index in [2.05, 4.69) is 57.9 Å². The van der Waals surface area contributed by atoms with E-state index < -0.39 is 0 Å². The molecular weight excluding hydrogens is 348 g/mol. The van der Waals surface area contributed by atoms with Crippen LogP contribution in [0.1, 0.15) is 29.5 Å². The van der Waals surface area contributed by atoms with E-state index in [1.807, 2.05) is 29.9 Å². The van der Waals surface area contributed by atoms with E-state index in [-0.39, 0.29) is 6.04 Å². The van der Waals surface area contributed by atoms with Crippen LogP contribution in [-0.2, 0) is 0 Å². The molecule has 28 heavy (non-hydrogen) atoms. The Bertz CT molecular complexity index is 1170. The fourth-order valence-electron chi connectivity index (χ4n) is 3.93. The van der Waals surface area contributed by atoms with Crippen molar-refractivity contribution in [2.75, 3.05) is 11.4 Å². The number of aromatic nitrogens is 5. The summed E-state index contributed by atoms with van der Waals surface area (Å²) in [5, 5.41) is 4.38. The van der Waals surface area contributed by atoms with Crippen molar-refractivity contribution in [1.29, 1.82) is 0 Å². The van der Waals surface area contributed by atoms with E-state index in [0.717, 1.165) is 46.9 Å². The van der Waals surface area contributed by atoms with Crippen LogP contribution in [0.2, 0.25) is 0 Å². The molecule has 139 valence electrons. The summed E-state index contributed by atoms with van der Waals surface area (Å²) in [7, 11) is 0. The fourth-order valence-corrected chi connectivity index (χ4v) is 3.93. The number of imidazole rings is 1. The molecule has 1 aliphatic rings. The minimum atomic E-state index is 0.0869. The van der Waals surface area contributed by atoms with E-state index in [1.54, 1.807) is 6.20 Å². The molecule has 4 heterocycles. The Labute approximate surface area is 163 Å². The van der Waals surface area contributed by atoms with Crippen molar-refractivity contribution in [2.24, 2.45) is 0 Å². The highest BCUT2D eigenvalue weighted by Crippen LogP contribution is 2.40. The molecule has 1 radical (unpaired) electrons. The zero-order valence-electron chi connectivity index (χ0n) is 16.0. The van der Waals surface area contributed by atoms with Crippen LogP contribution in [0.25, 0.3) is 16.7 Å². The van der Waals surface area contributed by atoms with Crippen molar-refractivity contribution < 1.29 is 0 Å². The molecule has 1 atom stereocenters. The average Bonchev–Trinajstić information content (AvgIpc) is 3.41. The molecular formula is C22H21N6. The second kappa shape index (κ2) is 6.34. The molecule has 1 aliphatic heterocycles. The second-order valence-electron chi connectivity index (χ2n) is 7.38. The van der Waals surface area contributed by atoms with Gasteiger partial charge in [0.25, 0.3) is 0 Å². The van der Waals surface area contributed by atoms with Crippen molar-refractivity contribution in [3.8, 4) is 5.69 Å². The van der Waals surface area contributed by atoms with Gasteiger partial charge in [0.15, 0.2) is 0 Å². The van der Waals surface area contributed by atoms with Gasteiger partial charge in [0.05, 0.1) is 22.8 Å². The van der Waals surface area contributed by atoms with Gasteiger partial charge in [-0.2, -0.15) is 5.10 Å². The number of benzene rings is 1. The van der Waals surface area contributed by atoms with Gasteiger partial charge < -0.3 is 9.88 Å². The third kappa shape index (κ3) is 2.69. The van der Waals surface area contributed by atoms with Gasteiger partial charge >= 0.3 is 0 Å². The number of aryl methyl sites for hydroxylation is 2. The fraction of sp³-hybridized carbons (Fsp3) is 0.227. The molecule has 0 saturated carbocycles. The Hall–Kier alpha value is -3.41. The molecule has 1 saturated heterocycles. The lowest BCUT2D eigenvalue weighted by molar-refractivity contribution is 0.685. The van der Waals surface area contributed by atoms with Gasteiger partial charge in [-0.15, -0.1) is 0 Å². The summed E-state index contributed by atoms with van der Waals surface area (Å²) >= 11 is 0. The van der Waals surface area contributed by atoms with E-state index in [4.69, 9.17) is 4.98 Å². The average molecular weight is 369 g/mol. The number of aromatic amines is 1. The van der Waals surface area contributed by atoms with Crippen LogP contribution in [-0.4, -0.2) is 31.3 Å². The van der Waals surface area contributed by atoms with E-state index >= 15 is 0 Å². The van der Waals surface area contributed by atoms with Crippen molar-refractivity contribution in [2.45, 2.75) is 26.3 Å². The Morgan fingerprint density at radius 1 is 1.25 bits per heavy atom. The maximum absolute atomic E-state index is 4.89. The summed E-state index contributed by atoms with van der Waals surface area (Å²) in [5.74, 6) is 0.962. The van der Waals surface area contributed by atoms with Gasteiger partial charge in [-0.05, 0) is 44.0 Å². The van der Waals surface area contributed by atoms with Gasteiger partial charge in [0.2, 0.25) is 0 Å². The molecule has 0 aliphatic carbocycles. The maximum atomic E-state index is 4.89. The molecule has 3 aromatic heterocycles. The van der Waals surface area contributed by atoms with Crippen LogP contribution < -0.4 is 4.90 Å². The van der Waals surface area contributed by atoms with Gasteiger partial charge in [-0.1, -0.05) is 24.3 Å². The third-order valence-electron chi connectivity index (χ3n) is 5.28. The molecule has 4 aromatic rings. The first-order valence-corrected chi connectivity index (χ1v) is 9.38. The van der Waals surface area contributed by atoms with E-state index in [9.17, 15) is 0 Å². The monoisotopic (exact) mass is 369 g/mol. The van der Waals surface area contributed by atoms with Gasteiger partial charge in [-0.25, -0.2) is 14.6 Å². The minimum absolute atomic E-state index is 0.0869. The van der Waals surface area contributed by atoms with Crippen LogP contribution >= 0.6 is 0 Å². The number of anilines is 1. The molecule has 0 unspecified atom stereocenters. The zero-order chi connectivity index (χ0) is 19.3. The Kier molecular flexibility index (Phi) is 3.79. The highest BCUT2D eigenvalue weighted by molar-refractivity contribution is 5.79. The first-order chi connectivity index (χ1) is 13.6. The molecule has 5 rings (SSSR count). The van der Waals surface area contributed by atoms with Gasteiger partial charge in [0, 0.05) is 24.6 Å². The number of rotatable bonds is 3. The van der Waals surface area contributed by atoms with Crippen molar-refractivity contribution in [3.05, 3.63) is 78.2 Å². The number of hydrogen-bond acceptors (Lipinski definition) is 4. The van der Waals surface area contributed by atoms with E-state index in [0.29, 0.717) is 0 Å². The van der Waals surface area contributed by atoms with Crippen LogP contribution in [0.3, 0.4) is 0 Å². The Morgan fingerprint density at radius 3 is 2.93 bits per heavy atom. The van der Waals surface area contributed by atoms with E-state index in [1.165, 1.54) is 11.1 Å². The largest absolute Gasteiger partial charge is 0.355 e. The van der Waals surface area contributed by atoms with Crippen LogP contribution in [0, 0.1) is 20.0 Å². The first kappa shape index (κ1) is 16.7. The maximum Gasteiger partial charge on any atom is 0.130 e. The Morgan fingerprint density at radius 2 is 2.14 bits per heavy atom. The first-order valence-electron chi connectivity index (χ1n) is 9.38. The third-order valence-corrected chi connectivity index (χ3v) is 5.28. The standard InChI is InChI=1S/C22H21N6/c1-14-10-19(22-25-17-7-4-6-15(2)21(17)26-22)27(13-14)18-11-16(3)23-12-20(18)28-9-5-8-24-28/h4-9,11,19H,1,10,13H2,2-3H3,(H,25,26)/t19-/m0/s1. The summed E-state index contributed by atoms with van der Waals surface area (Å²) in [4.78, 5) is 15.1. The Balaban J connectivity index is 1.64. The number of H-pyrrole nitrogens is 1. The van der Waals surface area contributed by atoms with Crippen molar-refractivity contribution in [1.82, 2.24) is 24.7 Å². The molecule has 6 heteroatoms. The summed E-state index contributed by atoms with van der Waals surface area (Å²) < 4.78 is 1.81. The minimum Gasteiger partial charge on any atom is -0.355 e. The topological polar surface area (TPSA) is 62.6 Å². The highest BCUT2D eigenvalue weighted by atomic mass is 15.3. The predicted molar refractivity (Wildman–Crippen MR) is 110 cm³/mol. The molecule has 0 spiro atoms. The molecule has 1 aromatic carbocycles. The SMILES string of the molecule is C=C1C[C@@H](c2nc3cccc(C)c3[nH]2)N(c2cc(C)n[c]c2-n2cccn2)C1.